The molecule has 0 bridgehead atoms. The average molecular weight is 288 g/mol. The molecule has 2 atom stereocenters. The number of fused-ring (bicyclic) bond motifs is 2. The van der Waals surface area contributed by atoms with E-state index in [9.17, 15) is 0 Å². The number of piperazine rings is 1. The van der Waals surface area contributed by atoms with Crippen LogP contribution in [0.1, 0.15) is 25.3 Å². The minimum Gasteiger partial charge on any atom is -0.350 e. The molecule has 2 aliphatic heterocycles. The molecule has 4 rings (SSSR count). The fourth-order valence-corrected chi connectivity index (χ4v) is 4.65. The Hall–Kier alpha value is -1.20. The zero-order valence-electron chi connectivity index (χ0n) is 12.0. The van der Waals surface area contributed by atoms with Gasteiger partial charge < -0.3 is 4.90 Å². The zero-order valence-corrected chi connectivity index (χ0v) is 12.9. The molecule has 2 aromatic rings. The van der Waals surface area contributed by atoms with Crippen molar-refractivity contribution >= 4 is 27.4 Å². The van der Waals surface area contributed by atoms with Crippen LogP contribution in [0.2, 0.25) is 0 Å². The average Bonchev–Trinajstić information content (AvgIpc) is 3.04. The first-order valence-electron chi connectivity index (χ1n) is 7.43. The van der Waals surface area contributed by atoms with E-state index in [1.807, 2.05) is 0 Å². The maximum Gasteiger partial charge on any atom is 0.150 e. The highest BCUT2D eigenvalue weighted by Crippen LogP contribution is 2.34. The van der Waals surface area contributed by atoms with Gasteiger partial charge in [0, 0.05) is 25.2 Å². The van der Waals surface area contributed by atoms with Crippen LogP contribution in [-0.4, -0.2) is 46.6 Å². The minimum absolute atomic E-state index is 0.532. The summed E-state index contributed by atoms with van der Waals surface area (Å²) in [6, 6.07) is 1.25. The lowest BCUT2D eigenvalue weighted by Crippen LogP contribution is -2.55. The molecule has 2 aliphatic rings. The Balaban J connectivity index is 1.74. The summed E-state index contributed by atoms with van der Waals surface area (Å²) in [6.07, 6.45) is 4.41. The van der Waals surface area contributed by atoms with E-state index in [1.165, 1.54) is 36.2 Å². The summed E-state index contributed by atoms with van der Waals surface area (Å²) < 4.78 is 1.25. The van der Waals surface area contributed by atoms with Crippen LogP contribution in [0.3, 0.4) is 0 Å². The summed E-state index contributed by atoms with van der Waals surface area (Å²) in [7, 11) is 0. The molecule has 5 heteroatoms. The Labute approximate surface area is 123 Å². The van der Waals surface area contributed by atoms with E-state index < -0.39 is 0 Å². The standard InChI is InChI=1S/C15H20N4S/c1-10-8-20-14-13(10)16-9-17-15(14)19-7-12-4-3-5-18(12)6-11(19)2/h8-9,11-12H,3-7H2,1-2H3/t11-,12+/m0/s1. The predicted molar refractivity (Wildman–Crippen MR) is 83.6 cm³/mol. The van der Waals surface area contributed by atoms with Gasteiger partial charge in [0.05, 0.1) is 10.2 Å². The van der Waals surface area contributed by atoms with Crippen molar-refractivity contribution in [2.75, 3.05) is 24.5 Å². The van der Waals surface area contributed by atoms with Gasteiger partial charge in [-0.05, 0) is 44.2 Å². The van der Waals surface area contributed by atoms with Gasteiger partial charge in [0.25, 0.3) is 0 Å². The largest absolute Gasteiger partial charge is 0.350 e. The summed E-state index contributed by atoms with van der Waals surface area (Å²) >= 11 is 1.78. The van der Waals surface area contributed by atoms with Crippen LogP contribution >= 0.6 is 11.3 Å². The summed E-state index contributed by atoms with van der Waals surface area (Å²) in [6.45, 7) is 8.02. The Bertz CT molecular complexity index is 638. The second-order valence-corrected chi connectivity index (χ2v) is 6.97. The fourth-order valence-electron chi connectivity index (χ4n) is 3.64. The number of nitrogens with zero attached hydrogens (tertiary/aromatic N) is 4. The van der Waals surface area contributed by atoms with Gasteiger partial charge in [0.15, 0.2) is 0 Å². The van der Waals surface area contributed by atoms with E-state index in [-0.39, 0.29) is 0 Å². The first-order chi connectivity index (χ1) is 9.74. The molecular formula is C15H20N4S. The highest BCUT2D eigenvalue weighted by molar-refractivity contribution is 7.18. The quantitative estimate of drug-likeness (QED) is 0.807. The van der Waals surface area contributed by atoms with Crippen LogP contribution in [0.5, 0.6) is 0 Å². The number of aromatic nitrogens is 2. The first-order valence-corrected chi connectivity index (χ1v) is 8.31. The van der Waals surface area contributed by atoms with E-state index in [1.54, 1.807) is 17.7 Å². The van der Waals surface area contributed by atoms with Gasteiger partial charge in [-0.3, -0.25) is 4.90 Å². The van der Waals surface area contributed by atoms with Crippen LogP contribution in [0.15, 0.2) is 11.7 Å². The monoisotopic (exact) mass is 288 g/mol. The Kier molecular flexibility index (Phi) is 2.93. The number of hydrogen-bond donors (Lipinski definition) is 0. The van der Waals surface area contributed by atoms with E-state index >= 15 is 0 Å². The molecular weight excluding hydrogens is 268 g/mol. The van der Waals surface area contributed by atoms with Gasteiger partial charge in [-0.15, -0.1) is 11.3 Å². The molecule has 0 amide bonds. The molecule has 4 heterocycles. The normalized spacial score (nSPS) is 27.2. The van der Waals surface area contributed by atoms with E-state index in [0.717, 1.165) is 23.9 Å². The Morgan fingerprint density at radius 3 is 3.10 bits per heavy atom. The van der Waals surface area contributed by atoms with Crippen LogP contribution in [0, 0.1) is 6.92 Å². The second kappa shape index (κ2) is 4.67. The minimum atomic E-state index is 0.532. The lowest BCUT2D eigenvalue weighted by molar-refractivity contribution is 0.202. The molecule has 0 aromatic carbocycles. The third-order valence-corrected chi connectivity index (χ3v) is 5.80. The third kappa shape index (κ3) is 1.84. The summed E-state index contributed by atoms with van der Waals surface area (Å²) in [5, 5.41) is 2.19. The molecule has 0 unspecified atom stereocenters. The molecule has 2 saturated heterocycles. The van der Waals surface area contributed by atoms with E-state index in [0.29, 0.717) is 6.04 Å². The highest BCUT2D eigenvalue weighted by Gasteiger charge is 2.35. The lowest BCUT2D eigenvalue weighted by atomic mass is 10.1. The van der Waals surface area contributed by atoms with Crippen LogP contribution in [0.4, 0.5) is 5.82 Å². The van der Waals surface area contributed by atoms with Crippen molar-refractivity contribution in [3.8, 4) is 0 Å². The molecule has 0 aliphatic carbocycles. The summed E-state index contributed by atoms with van der Waals surface area (Å²) in [4.78, 5) is 14.2. The first kappa shape index (κ1) is 12.5. The summed E-state index contributed by atoms with van der Waals surface area (Å²) in [5.41, 5.74) is 2.39. The molecule has 2 aromatic heterocycles. The van der Waals surface area contributed by atoms with Gasteiger partial charge in [0.2, 0.25) is 0 Å². The van der Waals surface area contributed by atoms with Gasteiger partial charge >= 0.3 is 0 Å². The predicted octanol–water partition coefficient (Wildman–Crippen LogP) is 2.67. The maximum atomic E-state index is 4.62. The second-order valence-electron chi connectivity index (χ2n) is 6.09. The van der Waals surface area contributed by atoms with Crippen molar-refractivity contribution in [3.63, 3.8) is 0 Å². The lowest BCUT2D eigenvalue weighted by Gasteiger charge is -2.43. The summed E-state index contributed by atoms with van der Waals surface area (Å²) in [5.74, 6) is 1.15. The van der Waals surface area contributed by atoms with Crippen molar-refractivity contribution in [1.82, 2.24) is 14.9 Å². The van der Waals surface area contributed by atoms with E-state index in [2.05, 4.69) is 39.0 Å². The van der Waals surface area contributed by atoms with Gasteiger partial charge in [-0.2, -0.15) is 0 Å². The molecule has 0 N–H and O–H groups in total. The van der Waals surface area contributed by atoms with Crippen LogP contribution in [0.25, 0.3) is 10.2 Å². The molecule has 106 valence electrons. The van der Waals surface area contributed by atoms with Crippen molar-refractivity contribution < 1.29 is 0 Å². The smallest absolute Gasteiger partial charge is 0.150 e. The highest BCUT2D eigenvalue weighted by atomic mass is 32.1. The van der Waals surface area contributed by atoms with Crippen molar-refractivity contribution in [3.05, 3.63) is 17.3 Å². The number of rotatable bonds is 1. The van der Waals surface area contributed by atoms with Crippen molar-refractivity contribution in [2.24, 2.45) is 0 Å². The topological polar surface area (TPSA) is 32.3 Å². The maximum absolute atomic E-state index is 4.62. The molecule has 4 nitrogen and oxygen atoms in total. The molecule has 0 saturated carbocycles. The van der Waals surface area contributed by atoms with E-state index in [4.69, 9.17) is 0 Å². The SMILES string of the molecule is Cc1csc2c(N3C[C@H]4CCCN4C[C@@H]3C)ncnc12. The van der Waals surface area contributed by atoms with Gasteiger partial charge in [-0.1, -0.05) is 0 Å². The van der Waals surface area contributed by atoms with Gasteiger partial charge in [-0.25, -0.2) is 9.97 Å². The van der Waals surface area contributed by atoms with Crippen molar-refractivity contribution in [1.29, 1.82) is 0 Å². The van der Waals surface area contributed by atoms with Crippen molar-refractivity contribution in [2.45, 2.75) is 38.8 Å². The number of hydrogen-bond acceptors (Lipinski definition) is 5. The molecule has 0 radical (unpaired) electrons. The van der Waals surface area contributed by atoms with Crippen LogP contribution < -0.4 is 4.90 Å². The number of aryl methyl sites for hydroxylation is 1. The Morgan fingerprint density at radius 1 is 1.30 bits per heavy atom. The van der Waals surface area contributed by atoms with Crippen LogP contribution in [-0.2, 0) is 0 Å². The van der Waals surface area contributed by atoms with Gasteiger partial charge in [0.1, 0.15) is 12.1 Å². The molecule has 0 spiro atoms. The zero-order chi connectivity index (χ0) is 13.7. The third-order valence-electron chi connectivity index (χ3n) is 4.72. The Morgan fingerprint density at radius 2 is 2.20 bits per heavy atom. The molecule has 2 fully saturated rings. The number of thiophene rings is 1. The molecule has 20 heavy (non-hydrogen) atoms. The number of anilines is 1. The fraction of sp³-hybridized carbons (Fsp3) is 0.600.